The molecule has 0 spiro atoms. The summed E-state index contributed by atoms with van der Waals surface area (Å²) < 4.78 is 1.74. The predicted molar refractivity (Wildman–Crippen MR) is 66.4 cm³/mol. The lowest BCUT2D eigenvalue weighted by atomic mass is 9.79. The zero-order chi connectivity index (χ0) is 12.3. The number of hydrogen-bond acceptors (Lipinski definition) is 3. The lowest BCUT2D eigenvalue weighted by Gasteiger charge is -2.26. The molecule has 0 bridgehead atoms. The van der Waals surface area contributed by atoms with E-state index in [2.05, 4.69) is 5.10 Å². The van der Waals surface area contributed by atoms with E-state index in [4.69, 9.17) is 5.73 Å². The van der Waals surface area contributed by atoms with Crippen molar-refractivity contribution in [3.05, 3.63) is 18.0 Å². The molecule has 17 heavy (non-hydrogen) atoms. The highest BCUT2D eigenvalue weighted by molar-refractivity contribution is 5.82. The number of Topliss-reactive ketones (excluding diaryl/α,β-unsaturated/α-hetero) is 1. The van der Waals surface area contributed by atoms with Gasteiger partial charge in [-0.2, -0.15) is 5.10 Å². The van der Waals surface area contributed by atoms with Crippen molar-refractivity contribution < 1.29 is 4.79 Å². The third-order valence-corrected chi connectivity index (χ3v) is 3.76. The van der Waals surface area contributed by atoms with Crippen molar-refractivity contribution in [2.45, 2.75) is 32.1 Å². The molecular formula is C13H21N3O. The highest BCUT2D eigenvalue weighted by Crippen LogP contribution is 2.29. The minimum absolute atomic E-state index is 0.236. The molecule has 4 heteroatoms. The van der Waals surface area contributed by atoms with Gasteiger partial charge in [0.15, 0.2) is 0 Å². The largest absolute Gasteiger partial charge is 0.330 e. The number of nitrogens with zero attached hydrogens (tertiary/aromatic N) is 2. The van der Waals surface area contributed by atoms with E-state index in [1.165, 1.54) is 0 Å². The third kappa shape index (κ3) is 3.16. The molecule has 1 saturated carbocycles. The Kier molecular flexibility index (Phi) is 3.94. The summed E-state index contributed by atoms with van der Waals surface area (Å²) in [6.07, 6.45) is 6.60. The maximum absolute atomic E-state index is 12.1. The van der Waals surface area contributed by atoms with E-state index in [1.54, 1.807) is 4.68 Å². The van der Waals surface area contributed by atoms with E-state index in [0.717, 1.165) is 37.9 Å². The molecule has 4 nitrogen and oxygen atoms in total. The topological polar surface area (TPSA) is 60.9 Å². The van der Waals surface area contributed by atoms with Crippen LogP contribution in [0.3, 0.4) is 0 Å². The van der Waals surface area contributed by atoms with Gasteiger partial charge in [-0.3, -0.25) is 9.48 Å². The van der Waals surface area contributed by atoms with Crippen LogP contribution >= 0.6 is 0 Å². The Hall–Kier alpha value is -1.16. The third-order valence-electron chi connectivity index (χ3n) is 3.76. The van der Waals surface area contributed by atoms with Gasteiger partial charge in [0.2, 0.25) is 0 Å². The summed E-state index contributed by atoms with van der Waals surface area (Å²) in [4.78, 5) is 12.1. The molecule has 0 atom stereocenters. The first-order valence-corrected chi connectivity index (χ1v) is 6.40. The van der Waals surface area contributed by atoms with Gasteiger partial charge in [0.05, 0.1) is 12.1 Å². The smallest absolute Gasteiger partial charge is 0.141 e. The van der Waals surface area contributed by atoms with E-state index in [9.17, 15) is 4.79 Å². The van der Waals surface area contributed by atoms with Crippen molar-refractivity contribution in [2.24, 2.45) is 24.6 Å². The first-order valence-electron chi connectivity index (χ1n) is 6.40. The normalized spacial score (nSPS) is 24.8. The fourth-order valence-electron chi connectivity index (χ4n) is 2.60. The minimum atomic E-state index is 0.236. The van der Waals surface area contributed by atoms with E-state index in [1.807, 2.05) is 19.3 Å². The summed E-state index contributed by atoms with van der Waals surface area (Å²) in [5.74, 6) is 1.22. The average molecular weight is 235 g/mol. The van der Waals surface area contributed by atoms with Crippen molar-refractivity contribution in [3.8, 4) is 0 Å². The molecule has 2 rings (SSSR count). The number of rotatable bonds is 4. The number of aryl methyl sites for hydroxylation is 1. The Balaban J connectivity index is 1.85. The van der Waals surface area contributed by atoms with Gasteiger partial charge >= 0.3 is 0 Å². The molecule has 0 unspecified atom stereocenters. The predicted octanol–water partition coefficient (Wildman–Crippen LogP) is 1.30. The van der Waals surface area contributed by atoms with Crippen LogP contribution in [0, 0.1) is 11.8 Å². The number of aromatic nitrogens is 2. The minimum Gasteiger partial charge on any atom is -0.330 e. The highest BCUT2D eigenvalue weighted by Gasteiger charge is 2.25. The Morgan fingerprint density at radius 1 is 1.47 bits per heavy atom. The van der Waals surface area contributed by atoms with Crippen LogP contribution in [-0.4, -0.2) is 22.1 Å². The summed E-state index contributed by atoms with van der Waals surface area (Å²) in [7, 11) is 1.88. The molecule has 0 radical (unpaired) electrons. The number of ketones is 1. The van der Waals surface area contributed by atoms with E-state index >= 15 is 0 Å². The summed E-state index contributed by atoms with van der Waals surface area (Å²) >= 11 is 0. The first kappa shape index (κ1) is 12.3. The maximum Gasteiger partial charge on any atom is 0.141 e. The van der Waals surface area contributed by atoms with E-state index < -0.39 is 0 Å². The molecule has 0 saturated heterocycles. The molecular weight excluding hydrogens is 214 g/mol. The summed E-state index contributed by atoms with van der Waals surface area (Å²) in [6, 6.07) is 1.92. The zero-order valence-electron chi connectivity index (χ0n) is 10.4. The standard InChI is InChI=1S/C13H21N3O/c1-16-7-6-12(15-16)8-13(17)11-4-2-10(9-14)3-5-11/h6-7,10-11H,2-5,8-9,14H2,1H3. The van der Waals surface area contributed by atoms with Crippen LogP contribution in [0.15, 0.2) is 12.3 Å². The number of hydrogen-bond donors (Lipinski definition) is 1. The molecule has 0 aromatic carbocycles. The summed E-state index contributed by atoms with van der Waals surface area (Å²) in [6.45, 7) is 0.765. The van der Waals surface area contributed by atoms with Crippen LogP contribution in [0.1, 0.15) is 31.4 Å². The zero-order valence-corrected chi connectivity index (χ0v) is 10.4. The quantitative estimate of drug-likeness (QED) is 0.855. The van der Waals surface area contributed by atoms with Gasteiger partial charge in [-0.25, -0.2) is 0 Å². The summed E-state index contributed by atoms with van der Waals surface area (Å²) in [5, 5.41) is 4.25. The molecule has 1 aliphatic carbocycles. The lowest BCUT2D eigenvalue weighted by Crippen LogP contribution is -2.26. The second kappa shape index (κ2) is 5.45. The molecule has 1 aromatic rings. The molecule has 1 heterocycles. The molecule has 1 fully saturated rings. The van der Waals surface area contributed by atoms with Gasteiger partial charge in [-0.05, 0) is 44.2 Å². The first-order chi connectivity index (χ1) is 8.19. The molecule has 2 N–H and O–H groups in total. The van der Waals surface area contributed by atoms with Crippen molar-refractivity contribution in [1.82, 2.24) is 9.78 Å². The van der Waals surface area contributed by atoms with Crippen molar-refractivity contribution >= 4 is 5.78 Å². The second-order valence-corrected chi connectivity index (χ2v) is 5.08. The Labute approximate surface area is 102 Å². The highest BCUT2D eigenvalue weighted by atomic mass is 16.1. The van der Waals surface area contributed by atoms with Crippen molar-refractivity contribution in [2.75, 3.05) is 6.54 Å². The van der Waals surface area contributed by atoms with Crippen LogP contribution in [0.4, 0.5) is 0 Å². The van der Waals surface area contributed by atoms with Crippen LogP contribution in [0.2, 0.25) is 0 Å². The van der Waals surface area contributed by atoms with Crippen LogP contribution in [0.25, 0.3) is 0 Å². The van der Waals surface area contributed by atoms with Crippen LogP contribution in [0.5, 0.6) is 0 Å². The van der Waals surface area contributed by atoms with Gasteiger partial charge in [0.1, 0.15) is 5.78 Å². The van der Waals surface area contributed by atoms with Crippen molar-refractivity contribution in [1.29, 1.82) is 0 Å². The van der Waals surface area contributed by atoms with Crippen LogP contribution in [-0.2, 0) is 18.3 Å². The van der Waals surface area contributed by atoms with Gasteiger partial charge in [-0.15, -0.1) is 0 Å². The Morgan fingerprint density at radius 2 is 2.18 bits per heavy atom. The molecule has 94 valence electrons. The van der Waals surface area contributed by atoms with E-state index in [-0.39, 0.29) is 5.92 Å². The molecule has 0 aliphatic heterocycles. The van der Waals surface area contributed by atoms with Gasteiger partial charge < -0.3 is 5.73 Å². The maximum atomic E-state index is 12.1. The Bertz CT molecular complexity index is 378. The van der Waals surface area contributed by atoms with E-state index in [0.29, 0.717) is 18.1 Å². The van der Waals surface area contributed by atoms with Gasteiger partial charge in [-0.1, -0.05) is 0 Å². The summed E-state index contributed by atoms with van der Waals surface area (Å²) in [5.41, 5.74) is 6.54. The Morgan fingerprint density at radius 3 is 2.71 bits per heavy atom. The van der Waals surface area contributed by atoms with Crippen LogP contribution < -0.4 is 5.73 Å². The van der Waals surface area contributed by atoms with Gasteiger partial charge in [0.25, 0.3) is 0 Å². The second-order valence-electron chi connectivity index (χ2n) is 5.08. The van der Waals surface area contributed by atoms with Gasteiger partial charge in [0, 0.05) is 19.2 Å². The monoisotopic (exact) mass is 235 g/mol. The fraction of sp³-hybridized carbons (Fsp3) is 0.692. The lowest BCUT2D eigenvalue weighted by molar-refractivity contribution is -0.123. The number of carbonyl (C=O) groups excluding carboxylic acids is 1. The van der Waals surface area contributed by atoms with Crippen molar-refractivity contribution in [3.63, 3.8) is 0 Å². The molecule has 1 aliphatic rings. The average Bonchev–Trinajstić information content (AvgIpc) is 2.75. The number of carbonyl (C=O) groups is 1. The number of nitrogens with two attached hydrogens (primary N) is 1. The molecule has 0 amide bonds. The fourth-order valence-corrected chi connectivity index (χ4v) is 2.60. The molecule has 1 aromatic heterocycles. The SMILES string of the molecule is Cn1ccc(CC(=O)C2CCC(CN)CC2)n1.